The van der Waals surface area contributed by atoms with Gasteiger partial charge in [0.15, 0.2) is 5.78 Å². The van der Waals surface area contributed by atoms with Gasteiger partial charge in [-0.2, -0.15) is 0 Å². The van der Waals surface area contributed by atoms with Crippen LogP contribution in [-0.4, -0.2) is 16.9 Å². The first-order valence-corrected chi connectivity index (χ1v) is 5.30. The highest BCUT2D eigenvalue weighted by molar-refractivity contribution is 6.07. The SMILES string of the molecule is CC1(C)[C@H]2CC[C@@]1(C)C(=O)/C2=C/C(=O)O. The Morgan fingerprint density at radius 2 is 2.07 bits per heavy atom. The zero-order chi connectivity index (χ0) is 11.4. The van der Waals surface area contributed by atoms with Gasteiger partial charge in [0.1, 0.15) is 0 Å². The van der Waals surface area contributed by atoms with Crippen LogP contribution in [0.5, 0.6) is 0 Å². The van der Waals surface area contributed by atoms with E-state index in [4.69, 9.17) is 5.11 Å². The van der Waals surface area contributed by atoms with Gasteiger partial charge in [-0.1, -0.05) is 20.8 Å². The molecule has 2 atom stereocenters. The monoisotopic (exact) mass is 208 g/mol. The number of carbonyl (C=O) groups is 2. The van der Waals surface area contributed by atoms with Gasteiger partial charge in [-0.05, 0) is 24.2 Å². The molecule has 3 heteroatoms. The predicted molar refractivity (Wildman–Crippen MR) is 55.3 cm³/mol. The molecule has 0 saturated heterocycles. The van der Waals surface area contributed by atoms with Crippen LogP contribution in [0, 0.1) is 16.7 Å². The van der Waals surface area contributed by atoms with E-state index < -0.39 is 5.97 Å². The summed E-state index contributed by atoms with van der Waals surface area (Å²) in [4.78, 5) is 22.8. The van der Waals surface area contributed by atoms with Crippen molar-refractivity contribution in [1.29, 1.82) is 0 Å². The van der Waals surface area contributed by atoms with Crippen molar-refractivity contribution in [3.8, 4) is 0 Å². The lowest BCUT2D eigenvalue weighted by Gasteiger charge is -2.31. The lowest BCUT2D eigenvalue weighted by Crippen LogP contribution is -2.32. The number of carboxylic acids is 1. The highest BCUT2D eigenvalue weighted by atomic mass is 16.4. The Bertz CT molecular complexity index is 378. The third-order valence-corrected chi connectivity index (χ3v) is 4.64. The highest BCUT2D eigenvalue weighted by Crippen LogP contribution is 2.65. The van der Waals surface area contributed by atoms with Crippen LogP contribution in [0.15, 0.2) is 11.6 Å². The van der Waals surface area contributed by atoms with Gasteiger partial charge in [-0.25, -0.2) is 4.79 Å². The molecule has 1 N–H and O–H groups in total. The molecule has 2 aliphatic carbocycles. The predicted octanol–water partition coefficient (Wildman–Crippen LogP) is 2.02. The minimum absolute atomic E-state index is 0.0474. The Kier molecular flexibility index (Phi) is 1.88. The van der Waals surface area contributed by atoms with Crippen LogP contribution in [0.4, 0.5) is 0 Å². The summed E-state index contributed by atoms with van der Waals surface area (Å²) in [6.45, 7) is 6.12. The summed E-state index contributed by atoms with van der Waals surface area (Å²) in [5.74, 6) is -0.831. The van der Waals surface area contributed by atoms with Crippen LogP contribution in [0.2, 0.25) is 0 Å². The third kappa shape index (κ3) is 1.06. The van der Waals surface area contributed by atoms with Crippen LogP contribution < -0.4 is 0 Å². The maximum absolute atomic E-state index is 12.1. The molecule has 0 aromatic carbocycles. The summed E-state index contributed by atoms with van der Waals surface area (Å²) in [5, 5.41) is 8.75. The van der Waals surface area contributed by atoms with Crippen molar-refractivity contribution < 1.29 is 14.7 Å². The Morgan fingerprint density at radius 1 is 1.47 bits per heavy atom. The number of hydrogen-bond acceptors (Lipinski definition) is 2. The second-order valence-electron chi connectivity index (χ2n) is 5.41. The largest absolute Gasteiger partial charge is 0.478 e. The van der Waals surface area contributed by atoms with Gasteiger partial charge in [0, 0.05) is 17.1 Å². The number of allylic oxidation sites excluding steroid dienone is 1. The average molecular weight is 208 g/mol. The molecule has 82 valence electrons. The topological polar surface area (TPSA) is 54.4 Å². The fraction of sp³-hybridized carbons (Fsp3) is 0.667. The summed E-state index contributed by atoms with van der Waals surface area (Å²) in [7, 11) is 0. The molecule has 0 aliphatic heterocycles. The van der Waals surface area contributed by atoms with Crippen molar-refractivity contribution in [2.45, 2.75) is 33.6 Å². The average Bonchev–Trinajstić information content (AvgIpc) is 2.40. The van der Waals surface area contributed by atoms with E-state index in [1.807, 2.05) is 6.92 Å². The molecule has 15 heavy (non-hydrogen) atoms. The third-order valence-electron chi connectivity index (χ3n) is 4.64. The number of carboxylic acid groups (broad SMARTS) is 1. The molecule has 0 aromatic rings. The van der Waals surface area contributed by atoms with E-state index in [-0.39, 0.29) is 22.5 Å². The van der Waals surface area contributed by atoms with Crippen molar-refractivity contribution >= 4 is 11.8 Å². The van der Waals surface area contributed by atoms with Crippen LogP contribution in [-0.2, 0) is 9.59 Å². The van der Waals surface area contributed by atoms with E-state index in [2.05, 4.69) is 13.8 Å². The van der Waals surface area contributed by atoms with Crippen molar-refractivity contribution in [3.63, 3.8) is 0 Å². The number of hydrogen-bond donors (Lipinski definition) is 1. The van der Waals surface area contributed by atoms with Gasteiger partial charge in [0.05, 0.1) is 0 Å². The van der Waals surface area contributed by atoms with E-state index in [1.54, 1.807) is 0 Å². The Labute approximate surface area is 89.2 Å². The van der Waals surface area contributed by atoms with E-state index in [0.717, 1.165) is 18.9 Å². The van der Waals surface area contributed by atoms with Gasteiger partial charge in [-0.15, -0.1) is 0 Å². The second kappa shape index (κ2) is 2.71. The first-order chi connectivity index (χ1) is 6.80. The maximum Gasteiger partial charge on any atom is 0.328 e. The molecule has 0 radical (unpaired) electrons. The van der Waals surface area contributed by atoms with Crippen LogP contribution in [0.1, 0.15) is 33.6 Å². The van der Waals surface area contributed by atoms with Gasteiger partial charge < -0.3 is 5.11 Å². The molecule has 2 saturated carbocycles. The molecule has 2 rings (SSSR count). The van der Waals surface area contributed by atoms with Crippen LogP contribution in [0.3, 0.4) is 0 Å². The molecule has 2 bridgehead atoms. The smallest absolute Gasteiger partial charge is 0.328 e. The fourth-order valence-electron chi connectivity index (χ4n) is 3.23. The van der Waals surface area contributed by atoms with E-state index in [1.165, 1.54) is 0 Å². The molecule has 3 nitrogen and oxygen atoms in total. The first-order valence-electron chi connectivity index (χ1n) is 5.30. The molecule has 0 aromatic heterocycles. The van der Waals surface area contributed by atoms with Gasteiger partial charge in [-0.3, -0.25) is 4.79 Å². The lowest BCUT2D eigenvalue weighted by molar-refractivity contribution is -0.132. The van der Waals surface area contributed by atoms with Gasteiger partial charge >= 0.3 is 5.97 Å². The van der Waals surface area contributed by atoms with Crippen molar-refractivity contribution in [2.75, 3.05) is 0 Å². The summed E-state index contributed by atoms with van der Waals surface area (Å²) in [6.07, 6.45) is 2.94. The molecule has 2 aliphatic rings. The first kappa shape index (κ1) is 10.4. The minimum Gasteiger partial charge on any atom is -0.478 e. The Morgan fingerprint density at radius 3 is 2.47 bits per heavy atom. The zero-order valence-electron chi connectivity index (χ0n) is 9.33. The molecule has 2 fully saturated rings. The van der Waals surface area contributed by atoms with Crippen molar-refractivity contribution in [1.82, 2.24) is 0 Å². The number of Topliss-reactive ketones (excluding diaryl/α,β-unsaturated/α-hetero) is 1. The number of carbonyl (C=O) groups excluding carboxylic acids is 1. The molecule has 0 heterocycles. The number of rotatable bonds is 1. The Balaban J connectivity index is 2.52. The second-order valence-corrected chi connectivity index (χ2v) is 5.41. The highest BCUT2D eigenvalue weighted by Gasteiger charge is 2.64. The lowest BCUT2D eigenvalue weighted by atomic mass is 9.70. The van der Waals surface area contributed by atoms with Crippen LogP contribution >= 0.6 is 0 Å². The summed E-state index contributed by atoms with van der Waals surface area (Å²) in [5.41, 5.74) is 0.0888. The quantitative estimate of drug-likeness (QED) is 0.671. The fourth-order valence-corrected chi connectivity index (χ4v) is 3.23. The normalized spacial score (nSPS) is 40.1. The molecule has 0 amide bonds. The van der Waals surface area contributed by atoms with E-state index in [9.17, 15) is 9.59 Å². The summed E-state index contributed by atoms with van der Waals surface area (Å²) < 4.78 is 0. The zero-order valence-corrected chi connectivity index (χ0v) is 9.33. The van der Waals surface area contributed by atoms with Gasteiger partial charge in [0.25, 0.3) is 0 Å². The van der Waals surface area contributed by atoms with E-state index >= 15 is 0 Å². The molecular formula is C12H16O3. The molecule has 0 unspecified atom stereocenters. The molecule has 0 spiro atoms. The van der Waals surface area contributed by atoms with Crippen molar-refractivity contribution in [3.05, 3.63) is 11.6 Å². The Hall–Kier alpha value is -1.12. The number of fused-ring (bicyclic) bond motifs is 2. The summed E-state index contributed by atoms with van der Waals surface area (Å²) in [6, 6.07) is 0. The maximum atomic E-state index is 12.1. The van der Waals surface area contributed by atoms with Gasteiger partial charge in [0.2, 0.25) is 0 Å². The van der Waals surface area contributed by atoms with E-state index in [0.29, 0.717) is 5.57 Å². The standard InChI is InChI=1S/C12H16O3/c1-11(2)8-4-5-12(11,3)10(15)7(8)6-9(13)14/h6,8H,4-5H2,1-3H3,(H,13,14)/b7-6+/t8-,12-/m0/s1. The van der Waals surface area contributed by atoms with Crippen LogP contribution in [0.25, 0.3) is 0 Å². The number of aliphatic carboxylic acids is 1. The van der Waals surface area contributed by atoms with Crippen molar-refractivity contribution in [2.24, 2.45) is 16.7 Å². The minimum atomic E-state index is -1.01. The molecular weight excluding hydrogens is 192 g/mol. The number of ketones is 1. The summed E-state index contributed by atoms with van der Waals surface area (Å²) >= 11 is 0.